The maximum Gasteiger partial charge on any atom is 0.172 e. The van der Waals surface area contributed by atoms with Crippen LogP contribution >= 0.6 is 0 Å². The first-order valence-corrected chi connectivity index (χ1v) is 6.53. The number of ether oxygens (including phenoxy) is 2. The zero-order valence-corrected chi connectivity index (χ0v) is 10.8. The van der Waals surface area contributed by atoms with Crippen LogP contribution in [0.5, 0.6) is 5.75 Å². The van der Waals surface area contributed by atoms with E-state index < -0.39 is 0 Å². The van der Waals surface area contributed by atoms with Crippen molar-refractivity contribution in [3.05, 3.63) is 29.3 Å². The highest BCUT2D eigenvalue weighted by molar-refractivity contribution is 6.01. The van der Waals surface area contributed by atoms with Crippen LogP contribution in [0, 0.1) is 12.8 Å². The minimum Gasteiger partial charge on any atom is -0.496 e. The predicted molar refractivity (Wildman–Crippen MR) is 68.1 cm³/mol. The van der Waals surface area contributed by atoms with E-state index in [9.17, 15) is 4.79 Å². The minimum absolute atomic E-state index is 0.0273. The molecule has 0 saturated carbocycles. The van der Waals surface area contributed by atoms with E-state index in [1.165, 1.54) is 0 Å². The molecule has 0 spiro atoms. The van der Waals surface area contributed by atoms with Gasteiger partial charge in [0, 0.05) is 0 Å². The van der Waals surface area contributed by atoms with Crippen molar-refractivity contribution in [1.82, 2.24) is 0 Å². The second-order valence-corrected chi connectivity index (χ2v) is 5.28. The topological polar surface area (TPSA) is 35.5 Å². The van der Waals surface area contributed by atoms with Gasteiger partial charge in [-0.2, -0.15) is 0 Å². The highest BCUT2D eigenvalue weighted by Crippen LogP contribution is 2.41. The number of carbonyl (C=O) groups excluding carboxylic acids is 1. The van der Waals surface area contributed by atoms with E-state index in [1.54, 1.807) is 7.11 Å². The molecule has 2 bridgehead atoms. The van der Waals surface area contributed by atoms with Crippen LogP contribution in [-0.4, -0.2) is 25.1 Å². The molecule has 0 amide bonds. The molecule has 2 aliphatic heterocycles. The average Bonchev–Trinajstić information content (AvgIpc) is 3.00. The van der Waals surface area contributed by atoms with E-state index >= 15 is 0 Å². The summed E-state index contributed by atoms with van der Waals surface area (Å²) in [5.41, 5.74) is 1.79. The molecule has 1 aromatic rings. The van der Waals surface area contributed by atoms with E-state index in [2.05, 4.69) is 0 Å². The Morgan fingerprint density at radius 1 is 1.39 bits per heavy atom. The van der Waals surface area contributed by atoms with Crippen LogP contribution in [0.2, 0.25) is 0 Å². The lowest BCUT2D eigenvalue weighted by atomic mass is 9.83. The summed E-state index contributed by atoms with van der Waals surface area (Å²) in [7, 11) is 1.61. The van der Waals surface area contributed by atoms with Gasteiger partial charge in [0.25, 0.3) is 0 Å². The number of aryl methyl sites for hydroxylation is 1. The van der Waals surface area contributed by atoms with Crippen LogP contribution in [-0.2, 0) is 4.74 Å². The number of hydrogen-bond acceptors (Lipinski definition) is 3. The second-order valence-electron chi connectivity index (χ2n) is 5.28. The first kappa shape index (κ1) is 11.7. The molecule has 0 radical (unpaired) electrons. The lowest BCUT2D eigenvalue weighted by Gasteiger charge is -2.18. The number of methoxy groups -OCH3 is 1. The van der Waals surface area contributed by atoms with E-state index in [0.29, 0.717) is 17.4 Å². The smallest absolute Gasteiger partial charge is 0.172 e. The zero-order chi connectivity index (χ0) is 12.7. The molecule has 0 N–H and O–H groups in total. The van der Waals surface area contributed by atoms with Crippen LogP contribution in [0.3, 0.4) is 0 Å². The Bertz CT molecular complexity index is 481. The maximum atomic E-state index is 12.6. The SMILES string of the molecule is COc1ccc(C)cc1C(=O)C1CC2CCC1O2. The summed E-state index contributed by atoms with van der Waals surface area (Å²) in [5.74, 6) is 0.885. The molecule has 1 aromatic carbocycles. The fourth-order valence-electron chi connectivity index (χ4n) is 3.13. The molecule has 3 atom stereocenters. The average molecular weight is 246 g/mol. The van der Waals surface area contributed by atoms with Crippen LogP contribution in [0.4, 0.5) is 0 Å². The van der Waals surface area contributed by atoms with Crippen molar-refractivity contribution >= 4 is 5.78 Å². The highest BCUT2D eigenvalue weighted by atomic mass is 16.5. The standard InChI is InChI=1S/C15H18O3/c1-9-3-5-13(17-2)11(7-9)15(16)12-8-10-4-6-14(12)18-10/h3,5,7,10,12,14H,4,6,8H2,1-2H3. The number of benzene rings is 1. The van der Waals surface area contributed by atoms with Crippen molar-refractivity contribution in [2.45, 2.75) is 38.4 Å². The Balaban J connectivity index is 1.90. The van der Waals surface area contributed by atoms with Gasteiger partial charge in [0.1, 0.15) is 5.75 Å². The largest absolute Gasteiger partial charge is 0.496 e. The lowest BCUT2D eigenvalue weighted by Crippen LogP contribution is -2.25. The molecule has 2 saturated heterocycles. The summed E-state index contributed by atoms with van der Waals surface area (Å²) in [6.45, 7) is 1.99. The third-order valence-electron chi connectivity index (χ3n) is 4.06. The van der Waals surface area contributed by atoms with E-state index in [-0.39, 0.29) is 17.8 Å². The van der Waals surface area contributed by atoms with Gasteiger partial charge in [0.05, 0.1) is 30.8 Å². The third kappa shape index (κ3) is 1.83. The molecule has 18 heavy (non-hydrogen) atoms. The zero-order valence-electron chi connectivity index (χ0n) is 10.8. The summed E-state index contributed by atoms with van der Waals surface area (Å²) in [4.78, 5) is 12.6. The van der Waals surface area contributed by atoms with Crippen molar-refractivity contribution in [2.75, 3.05) is 7.11 Å². The molecule has 3 rings (SSSR count). The number of ketones is 1. The van der Waals surface area contributed by atoms with Crippen molar-refractivity contribution in [2.24, 2.45) is 5.92 Å². The molecule has 3 nitrogen and oxygen atoms in total. The van der Waals surface area contributed by atoms with Gasteiger partial charge in [-0.25, -0.2) is 0 Å². The fourth-order valence-corrected chi connectivity index (χ4v) is 3.13. The van der Waals surface area contributed by atoms with Crippen LogP contribution < -0.4 is 4.74 Å². The van der Waals surface area contributed by atoms with Crippen molar-refractivity contribution < 1.29 is 14.3 Å². The molecular formula is C15H18O3. The quantitative estimate of drug-likeness (QED) is 0.769. The summed E-state index contributed by atoms with van der Waals surface area (Å²) in [5, 5.41) is 0. The Hall–Kier alpha value is -1.35. The Kier molecular flexibility index (Phi) is 2.86. The highest BCUT2D eigenvalue weighted by Gasteiger charge is 2.44. The fraction of sp³-hybridized carbons (Fsp3) is 0.533. The van der Waals surface area contributed by atoms with Gasteiger partial charge in [0.2, 0.25) is 0 Å². The van der Waals surface area contributed by atoms with Crippen LogP contribution in [0.1, 0.15) is 35.2 Å². The number of carbonyl (C=O) groups is 1. The molecule has 0 aliphatic carbocycles. The van der Waals surface area contributed by atoms with Crippen LogP contribution in [0.15, 0.2) is 18.2 Å². The summed E-state index contributed by atoms with van der Waals surface area (Å²) < 4.78 is 11.1. The lowest BCUT2D eigenvalue weighted by molar-refractivity contribution is 0.0741. The van der Waals surface area contributed by atoms with Crippen molar-refractivity contribution in [1.29, 1.82) is 0 Å². The van der Waals surface area contributed by atoms with E-state index in [1.807, 2.05) is 25.1 Å². The molecule has 96 valence electrons. The predicted octanol–water partition coefficient (Wildman–Crippen LogP) is 2.75. The van der Waals surface area contributed by atoms with E-state index in [4.69, 9.17) is 9.47 Å². The van der Waals surface area contributed by atoms with Crippen LogP contribution in [0.25, 0.3) is 0 Å². The first-order valence-electron chi connectivity index (χ1n) is 6.53. The van der Waals surface area contributed by atoms with Gasteiger partial charge >= 0.3 is 0 Å². The van der Waals surface area contributed by atoms with Gasteiger partial charge in [-0.3, -0.25) is 4.79 Å². The second kappa shape index (κ2) is 4.39. The molecule has 2 aliphatic rings. The molecular weight excluding hydrogens is 228 g/mol. The molecule has 0 aromatic heterocycles. The Morgan fingerprint density at radius 2 is 2.22 bits per heavy atom. The summed E-state index contributed by atoms with van der Waals surface area (Å²) in [6.07, 6.45) is 3.45. The molecule has 2 heterocycles. The molecule has 3 heteroatoms. The monoisotopic (exact) mass is 246 g/mol. The van der Waals surface area contributed by atoms with Gasteiger partial charge in [0.15, 0.2) is 5.78 Å². The Labute approximate surface area is 107 Å². The van der Waals surface area contributed by atoms with Gasteiger partial charge in [-0.1, -0.05) is 11.6 Å². The first-order chi connectivity index (χ1) is 8.69. The number of hydrogen-bond donors (Lipinski definition) is 0. The Morgan fingerprint density at radius 3 is 2.83 bits per heavy atom. The van der Waals surface area contributed by atoms with Gasteiger partial charge in [-0.15, -0.1) is 0 Å². The number of rotatable bonds is 3. The van der Waals surface area contributed by atoms with Crippen molar-refractivity contribution in [3.8, 4) is 5.75 Å². The number of fused-ring (bicyclic) bond motifs is 2. The third-order valence-corrected chi connectivity index (χ3v) is 4.06. The van der Waals surface area contributed by atoms with E-state index in [0.717, 1.165) is 24.8 Å². The number of Topliss-reactive ketones (excluding diaryl/α,β-unsaturated/α-hetero) is 1. The molecule has 3 unspecified atom stereocenters. The summed E-state index contributed by atoms with van der Waals surface area (Å²) in [6, 6.07) is 5.76. The minimum atomic E-state index is 0.0273. The normalized spacial score (nSPS) is 29.6. The van der Waals surface area contributed by atoms with Crippen molar-refractivity contribution in [3.63, 3.8) is 0 Å². The molecule has 2 fully saturated rings. The van der Waals surface area contributed by atoms with Gasteiger partial charge < -0.3 is 9.47 Å². The summed E-state index contributed by atoms with van der Waals surface area (Å²) >= 11 is 0. The maximum absolute atomic E-state index is 12.6. The van der Waals surface area contributed by atoms with Gasteiger partial charge in [-0.05, 0) is 38.3 Å².